The summed E-state index contributed by atoms with van der Waals surface area (Å²) in [6, 6.07) is 2.90. The van der Waals surface area contributed by atoms with Crippen molar-refractivity contribution in [1.29, 1.82) is 0 Å². The van der Waals surface area contributed by atoms with Crippen molar-refractivity contribution in [3.8, 4) is 0 Å². The molecule has 1 aromatic heterocycles. The predicted octanol–water partition coefficient (Wildman–Crippen LogP) is 1.90. The second-order valence-corrected chi connectivity index (χ2v) is 5.39. The largest absolute Gasteiger partial charge is 0.478 e. The maximum Gasteiger partial charge on any atom is 0.337 e. The lowest BCUT2D eigenvalue weighted by Crippen LogP contribution is -2.42. The molecule has 2 unspecified atom stereocenters. The number of carboxylic acid groups (broad SMARTS) is 1. The van der Waals surface area contributed by atoms with Gasteiger partial charge >= 0.3 is 5.97 Å². The molecular weight excluding hydrogens is 244 g/mol. The lowest BCUT2D eigenvalue weighted by molar-refractivity contribution is 0.0615. The Balaban J connectivity index is 2.12. The van der Waals surface area contributed by atoms with Crippen LogP contribution in [0.25, 0.3) is 0 Å². The van der Waals surface area contributed by atoms with E-state index in [0.717, 1.165) is 19.5 Å². The summed E-state index contributed by atoms with van der Waals surface area (Å²) >= 11 is 0. The number of nitrogens with zero attached hydrogens (tertiary/aromatic N) is 2. The van der Waals surface area contributed by atoms with E-state index in [0.29, 0.717) is 17.5 Å². The highest BCUT2D eigenvalue weighted by molar-refractivity contribution is 5.93. The normalized spacial score (nSPS) is 23.2. The van der Waals surface area contributed by atoms with E-state index in [4.69, 9.17) is 5.11 Å². The van der Waals surface area contributed by atoms with Crippen LogP contribution in [0.2, 0.25) is 0 Å². The number of carboxylic acids is 1. The number of carbonyl (C=O) groups is 2. The van der Waals surface area contributed by atoms with Crippen LogP contribution >= 0.6 is 0 Å². The lowest BCUT2D eigenvalue weighted by Gasteiger charge is -2.34. The molecule has 0 bridgehead atoms. The first-order valence-corrected chi connectivity index (χ1v) is 6.46. The zero-order valence-corrected chi connectivity index (χ0v) is 11.2. The summed E-state index contributed by atoms with van der Waals surface area (Å²) in [5.74, 6) is -0.168. The van der Waals surface area contributed by atoms with Gasteiger partial charge in [-0.1, -0.05) is 13.8 Å². The van der Waals surface area contributed by atoms with Gasteiger partial charge < -0.3 is 10.0 Å². The number of piperidine rings is 1. The second-order valence-electron chi connectivity index (χ2n) is 5.39. The molecule has 0 spiro atoms. The highest BCUT2D eigenvalue weighted by Gasteiger charge is 2.26. The van der Waals surface area contributed by atoms with Gasteiger partial charge in [-0.2, -0.15) is 0 Å². The molecular formula is C14H18N2O3. The van der Waals surface area contributed by atoms with Crippen molar-refractivity contribution in [1.82, 2.24) is 9.88 Å². The highest BCUT2D eigenvalue weighted by Crippen LogP contribution is 2.22. The van der Waals surface area contributed by atoms with Crippen LogP contribution < -0.4 is 0 Å². The van der Waals surface area contributed by atoms with Crippen LogP contribution in [-0.2, 0) is 0 Å². The predicted molar refractivity (Wildman–Crippen MR) is 70.0 cm³/mol. The average molecular weight is 262 g/mol. The van der Waals surface area contributed by atoms with Crippen LogP contribution in [0.15, 0.2) is 18.3 Å². The van der Waals surface area contributed by atoms with E-state index >= 15 is 0 Å². The SMILES string of the molecule is CC1CC(C)CN(C(=O)c2ccc(C(=O)O)cn2)C1. The quantitative estimate of drug-likeness (QED) is 0.883. The van der Waals surface area contributed by atoms with Crippen molar-refractivity contribution in [2.45, 2.75) is 20.3 Å². The average Bonchev–Trinajstić information content (AvgIpc) is 2.37. The minimum Gasteiger partial charge on any atom is -0.478 e. The van der Waals surface area contributed by atoms with Gasteiger partial charge in [0, 0.05) is 19.3 Å². The number of pyridine rings is 1. The standard InChI is InChI=1S/C14H18N2O3/c1-9-5-10(2)8-16(7-9)13(17)12-4-3-11(6-15-12)14(18)19/h3-4,6,9-10H,5,7-8H2,1-2H3,(H,18,19). The summed E-state index contributed by atoms with van der Waals surface area (Å²) in [5, 5.41) is 8.80. The molecule has 1 aliphatic rings. The zero-order chi connectivity index (χ0) is 14.0. The third-order valence-corrected chi connectivity index (χ3v) is 3.39. The first-order valence-electron chi connectivity index (χ1n) is 6.46. The van der Waals surface area contributed by atoms with Gasteiger partial charge in [-0.3, -0.25) is 9.78 Å². The summed E-state index contributed by atoms with van der Waals surface area (Å²) in [5.41, 5.74) is 0.406. The maximum atomic E-state index is 12.3. The number of hydrogen-bond acceptors (Lipinski definition) is 3. The molecule has 1 aliphatic heterocycles. The molecule has 2 atom stereocenters. The number of likely N-dealkylation sites (tertiary alicyclic amines) is 1. The van der Waals surface area contributed by atoms with Crippen LogP contribution in [0, 0.1) is 11.8 Å². The van der Waals surface area contributed by atoms with Gasteiger partial charge in [0.25, 0.3) is 5.91 Å². The molecule has 102 valence electrons. The van der Waals surface area contributed by atoms with E-state index in [-0.39, 0.29) is 11.5 Å². The van der Waals surface area contributed by atoms with E-state index in [2.05, 4.69) is 18.8 Å². The maximum absolute atomic E-state index is 12.3. The van der Waals surface area contributed by atoms with Gasteiger partial charge in [-0.15, -0.1) is 0 Å². The Hall–Kier alpha value is -1.91. The van der Waals surface area contributed by atoms with Crippen molar-refractivity contribution in [3.63, 3.8) is 0 Å². The molecule has 1 fully saturated rings. The molecule has 1 N–H and O–H groups in total. The molecule has 1 saturated heterocycles. The number of amides is 1. The highest BCUT2D eigenvalue weighted by atomic mass is 16.4. The van der Waals surface area contributed by atoms with Crippen molar-refractivity contribution < 1.29 is 14.7 Å². The monoisotopic (exact) mass is 262 g/mol. The molecule has 2 rings (SSSR count). The van der Waals surface area contributed by atoms with Gasteiger partial charge in [-0.25, -0.2) is 4.79 Å². The molecule has 1 aromatic rings. The minimum atomic E-state index is -1.04. The van der Waals surface area contributed by atoms with Gasteiger partial charge in [0.15, 0.2) is 0 Å². The van der Waals surface area contributed by atoms with Crippen molar-refractivity contribution in [2.24, 2.45) is 11.8 Å². The van der Waals surface area contributed by atoms with E-state index in [1.54, 1.807) is 0 Å². The summed E-state index contributed by atoms with van der Waals surface area (Å²) in [6.07, 6.45) is 2.36. The Bertz CT molecular complexity index is 474. The molecule has 0 radical (unpaired) electrons. The fourth-order valence-electron chi connectivity index (χ4n) is 2.64. The van der Waals surface area contributed by atoms with Crippen LogP contribution in [0.1, 0.15) is 41.1 Å². The van der Waals surface area contributed by atoms with Crippen LogP contribution in [0.5, 0.6) is 0 Å². The van der Waals surface area contributed by atoms with E-state index < -0.39 is 5.97 Å². The number of hydrogen-bond donors (Lipinski definition) is 1. The van der Waals surface area contributed by atoms with Crippen molar-refractivity contribution in [3.05, 3.63) is 29.6 Å². The fraction of sp³-hybridized carbons (Fsp3) is 0.500. The Labute approximate surface area is 112 Å². The van der Waals surface area contributed by atoms with E-state index in [1.165, 1.54) is 18.3 Å². The molecule has 5 heteroatoms. The second kappa shape index (κ2) is 5.38. The fourth-order valence-corrected chi connectivity index (χ4v) is 2.64. The Kier molecular flexibility index (Phi) is 3.83. The van der Waals surface area contributed by atoms with Crippen LogP contribution in [-0.4, -0.2) is 40.0 Å². The van der Waals surface area contributed by atoms with Gasteiger partial charge in [0.05, 0.1) is 5.56 Å². The first-order chi connectivity index (χ1) is 8.97. The number of rotatable bonds is 2. The van der Waals surface area contributed by atoms with Crippen LogP contribution in [0.3, 0.4) is 0 Å². The summed E-state index contributed by atoms with van der Waals surface area (Å²) in [7, 11) is 0. The summed E-state index contributed by atoms with van der Waals surface area (Å²) in [6.45, 7) is 5.75. The molecule has 0 saturated carbocycles. The van der Waals surface area contributed by atoms with E-state index in [9.17, 15) is 9.59 Å². The lowest BCUT2D eigenvalue weighted by atomic mass is 9.92. The molecule has 19 heavy (non-hydrogen) atoms. The molecule has 0 aliphatic carbocycles. The summed E-state index contributed by atoms with van der Waals surface area (Å²) < 4.78 is 0. The first kappa shape index (κ1) is 13.5. The van der Waals surface area contributed by atoms with Gasteiger partial charge in [0.1, 0.15) is 5.69 Å². The minimum absolute atomic E-state index is 0.0944. The summed E-state index contributed by atoms with van der Waals surface area (Å²) in [4.78, 5) is 28.8. The number of aromatic nitrogens is 1. The van der Waals surface area contributed by atoms with Gasteiger partial charge in [0.2, 0.25) is 0 Å². The Morgan fingerprint density at radius 2 is 1.89 bits per heavy atom. The molecule has 5 nitrogen and oxygen atoms in total. The van der Waals surface area contributed by atoms with Crippen LogP contribution in [0.4, 0.5) is 0 Å². The van der Waals surface area contributed by atoms with Crippen molar-refractivity contribution >= 4 is 11.9 Å². The molecule has 0 aromatic carbocycles. The third kappa shape index (κ3) is 3.10. The number of aromatic carboxylic acids is 1. The number of carbonyl (C=O) groups excluding carboxylic acids is 1. The Morgan fingerprint density at radius 1 is 1.26 bits per heavy atom. The van der Waals surface area contributed by atoms with Gasteiger partial charge in [-0.05, 0) is 30.4 Å². The van der Waals surface area contributed by atoms with Crippen molar-refractivity contribution in [2.75, 3.05) is 13.1 Å². The Morgan fingerprint density at radius 3 is 2.37 bits per heavy atom. The third-order valence-electron chi connectivity index (χ3n) is 3.39. The molecule has 1 amide bonds. The van der Waals surface area contributed by atoms with E-state index in [1.807, 2.05) is 4.90 Å². The smallest absolute Gasteiger partial charge is 0.337 e. The zero-order valence-electron chi connectivity index (χ0n) is 11.2. The molecule has 2 heterocycles. The topological polar surface area (TPSA) is 70.5 Å².